The molecule has 1 atom stereocenters. The number of carboxylic acid groups (broad SMARTS) is 1. The predicted octanol–water partition coefficient (Wildman–Crippen LogP) is 1.06. The topological polar surface area (TPSA) is 86.7 Å². The number of unbranched alkanes of at least 4 members (excludes halogenated alkanes) is 1. The molecule has 0 aromatic carbocycles. The van der Waals surface area contributed by atoms with E-state index in [4.69, 9.17) is 5.11 Å². The minimum atomic E-state index is -0.820. The highest BCUT2D eigenvalue weighted by atomic mass is 32.2. The van der Waals surface area contributed by atoms with Crippen molar-refractivity contribution in [2.45, 2.75) is 45.1 Å². The Bertz CT molecular complexity index is 362. The van der Waals surface area contributed by atoms with E-state index >= 15 is 0 Å². The number of rotatable bonds is 8. The maximum atomic E-state index is 12.0. The van der Waals surface area contributed by atoms with Crippen LogP contribution in [-0.4, -0.2) is 52.0 Å². The Morgan fingerprint density at radius 2 is 2.05 bits per heavy atom. The van der Waals surface area contributed by atoms with Crippen LogP contribution in [0.25, 0.3) is 0 Å². The first-order chi connectivity index (χ1) is 9.56. The van der Waals surface area contributed by atoms with E-state index in [1.807, 2.05) is 6.92 Å². The molecule has 1 fully saturated rings. The molecule has 2 amide bonds. The van der Waals surface area contributed by atoms with Crippen molar-refractivity contribution >= 4 is 29.5 Å². The zero-order valence-corrected chi connectivity index (χ0v) is 12.6. The lowest BCUT2D eigenvalue weighted by molar-refractivity contribution is -0.138. The second-order valence-electron chi connectivity index (χ2n) is 4.77. The Morgan fingerprint density at radius 3 is 2.70 bits per heavy atom. The minimum absolute atomic E-state index is 0.0310. The van der Waals surface area contributed by atoms with Crippen LogP contribution < -0.4 is 5.32 Å². The number of carbonyl (C=O) groups excluding carboxylic acids is 2. The van der Waals surface area contributed by atoms with E-state index in [-0.39, 0.29) is 24.3 Å². The lowest BCUT2D eigenvalue weighted by Gasteiger charge is -2.22. The molecule has 1 rings (SSSR count). The molecule has 20 heavy (non-hydrogen) atoms. The first kappa shape index (κ1) is 16.8. The van der Waals surface area contributed by atoms with Crippen LogP contribution in [0.3, 0.4) is 0 Å². The van der Waals surface area contributed by atoms with Crippen LogP contribution in [0.2, 0.25) is 0 Å². The minimum Gasteiger partial charge on any atom is -0.481 e. The van der Waals surface area contributed by atoms with Crippen LogP contribution in [0.15, 0.2) is 0 Å². The normalized spacial score (nSPS) is 18.1. The average molecular weight is 302 g/mol. The number of nitrogens with one attached hydrogen (secondary N) is 1. The molecule has 0 bridgehead atoms. The molecule has 114 valence electrons. The van der Waals surface area contributed by atoms with Gasteiger partial charge in [-0.25, -0.2) is 0 Å². The van der Waals surface area contributed by atoms with Crippen LogP contribution in [0.5, 0.6) is 0 Å². The Hall–Kier alpha value is -1.24. The van der Waals surface area contributed by atoms with Gasteiger partial charge in [0, 0.05) is 25.1 Å². The summed E-state index contributed by atoms with van der Waals surface area (Å²) in [6, 6.07) is -0.376. The first-order valence-corrected chi connectivity index (χ1v) is 8.08. The summed E-state index contributed by atoms with van der Waals surface area (Å²) in [6.45, 7) is 2.40. The molecular weight excluding hydrogens is 280 g/mol. The number of carbonyl (C=O) groups is 3. The van der Waals surface area contributed by atoms with E-state index < -0.39 is 5.97 Å². The predicted molar refractivity (Wildman–Crippen MR) is 77.4 cm³/mol. The second kappa shape index (κ2) is 8.84. The fraction of sp³-hybridized carbons (Fsp3) is 0.769. The number of amides is 2. The summed E-state index contributed by atoms with van der Waals surface area (Å²) in [5.74, 6) is 0.296. The van der Waals surface area contributed by atoms with Gasteiger partial charge in [-0.15, -0.1) is 11.8 Å². The van der Waals surface area contributed by atoms with Crippen molar-refractivity contribution in [1.82, 2.24) is 10.2 Å². The van der Waals surface area contributed by atoms with E-state index in [9.17, 15) is 14.4 Å². The smallest absolute Gasteiger partial charge is 0.303 e. The van der Waals surface area contributed by atoms with Gasteiger partial charge in [0.15, 0.2) is 0 Å². The fourth-order valence-corrected chi connectivity index (χ4v) is 3.17. The third-order valence-electron chi connectivity index (χ3n) is 3.09. The van der Waals surface area contributed by atoms with Gasteiger partial charge in [0.2, 0.25) is 11.8 Å². The molecule has 0 aromatic rings. The zero-order valence-electron chi connectivity index (χ0n) is 11.8. The summed E-state index contributed by atoms with van der Waals surface area (Å²) >= 11 is 1.59. The number of hydrogen-bond acceptors (Lipinski definition) is 4. The molecule has 0 spiro atoms. The number of carboxylic acids is 1. The third kappa shape index (κ3) is 5.40. The van der Waals surface area contributed by atoms with E-state index in [1.54, 1.807) is 16.7 Å². The maximum Gasteiger partial charge on any atom is 0.303 e. The summed E-state index contributed by atoms with van der Waals surface area (Å²) in [6.07, 6.45) is 2.57. The lowest BCUT2D eigenvalue weighted by Crippen LogP contribution is -2.47. The zero-order chi connectivity index (χ0) is 15.0. The lowest BCUT2D eigenvalue weighted by atomic mass is 10.2. The van der Waals surface area contributed by atoms with Gasteiger partial charge in [0.25, 0.3) is 0 Å². The third-order valence-corrected chi connectivity index (χ3v) is 4.10. The molecule has 1 saturated heterocycles. The van der Waals surface area contributed by atoms with Gasteiger partial charge < -0.3 is 15.3 Å². The van der Waals surface area contributed by atoms with Crippen molar-refractivity contribution < 1.29 is 19.5 Å². The largest absolute Gasteiger partial charge is 0.481 e. The van der Waals surface area contributed by atoms with Crippen LogP contribution in [0.4, 0.5) is 0 Å². The average Bonchev–Trinajstić information content (AvgIpc) is 2.87. The SMILES string of the molecule is CCCC(=O)N1CSCC1C(=O)NCCCCC(=O)O. The molecular formula is C13H22N2O4S. The van der Waals surface area contributed by atoms with E-state index in [0.717, 1.165) is 6.42 Å². The van der Waals surface area contributed by atoms with Crippen molar-refractivity contribution in [1.29, 1.82) is 0 Å². The highest BCUT2D eigenvalue weighted by Gasteiger charge is 2.33. The van der Waals surface area contributed by atoms with E-state index in [0.29, 0.717) is 37.4 Å². The summed E-state index contributed by atoms with van der Waals surface area (Å²) in [4.78, 5) is 35.9. The summed E-state index contributed by atoms with van der Waals surface area (Å²) in [5, 5.41) is 11.3. The van der Waals surface area contributed by atoms with E-state index in [1.165, 1.54) is 0 Å². The second-order valence-corrected chi connectivity index (χ2v) is 5.77. The van der Waals surface area contributed by atoms with Gasteiger partial charge in [0.1, 0.15) is 6.04 Å². The molecule has 1 heterocycles. The molecule has 0 radical (unpaired) electrons. The number of thioether (sulfide) groups is 1. The molecule has 1 unspecified atom stereocenters. The van der Waals surface area contributed by atoms with Crippen LogP contribution in [0, 0.1) is 0 Å². The van der Waals surface area contributed by atoms with Crippen LogP contribution >= 0.6 is 11.8 Å². The van der Waals surface area contributed by atoms with Crippen molar-refractivity contribution in [3.05, 3.63) is 0 Å². The van der Waals surface area contributed by atoms with Gasteiger partial charge in [-0.05, 0) is 19.3 Å². The molecule has 6 nitrogen and oxygen atoms in total. The van der Waals surface area contributed by atoms with E-state index in [2.05, 4.69) is 5.32 Å². The summed E-state index contributed by atoms with van der Waals surface area (Å²) in [7, 11) is 0. The molecule has 0 saturated carbocycles. The number of hydrogen-bond donors (Lipinski definition) is 2. The van der Waals surface area contributed by atoms with Gasteiger partial charge in [-0.1, -0.05) is 6.92 Å². The van der Waals surface area contributed by atoms with Gasteiger partial charge >= 0.3 is 5.97 Å². The molecule has 1 aliphatic rings. The molecule has 0 aromatic heterocycles. The Kier molecular flexibility index (Phi) is 7.43. The monoisotopic (exact) mass is 302 g/mol. The molecule has 7 heteroatoms. The summed E-state index contributed by atoms with van der Waals surface area (Å²) < 4.78 is 0. The number of nitrogens with zero attached hydrogens (tertiary/aromatic N) is 1. The highest BCUT2D eigenvalue weighted by molar-refractivity contribution is 7.99. The molecule has 2 N–H and O–H groups in total. The standard InChI is InChI=1S/C13H22N2O4S/c1-2-5-11(16)15-9-20-8-10(15)13(19)14-7-4-3-6-12(17)18/h10H,2-9H2,1H3,(H,14,19)(H,17,18). The van der Waals surface area contributed by atoms with Crippen molar-refractivity contribution in [2.75, 3.05) is 18.2 Å². The fourth-order valence-electron chi connectivity index (χ4n) is 1.99. The summed E-state index contributed by atoms with van der Waals surface area (Å²) in [5.41, 5.74) is 0. The van der Waals surface area contributed by atoms with Crippen molar-refractivity contribution in [3.63, 3.8) is 0 Å². The molecule has 0 aliphatic carbocycles. The van der Waals surface area contributed by atoms with Crippen LogP contribution in [-0.2, 0) is 14.4 Å². The molecule has 1 aliphatic heterocycles. The van der Waals surface area contributed by atoms with Crippen molar-refractivity contribution in [3.8, 4) is 0 Å². The van der Waals surface area contributed by atoms with Gasteiger partial charge in [0.05, 0.1) is 5.88 Å². The van der Waals surface area contributed by atoms with Gasteiger partial charge in [-0.3, -0.25) is 14.4 Å². The Balaban J connectivity index is 2.30. The van der Waals surface area contributed by atoms with Crippen LogP contribution in [0.1, 0.15) is 39.0 Å². The first-order valence-electron chi connectivity index (χ1n) is 6.93. The van der Waals surface area contributed by atoms with Gasteiger partial charge in [-0.2, -0.15) is 0 Å². The highest BCUT2D eigenvalue weighted by Crippen LogP contribution is 2.22. The Morgan fingerprint density at radius 1 is 1.30 bits per heavy atom. The number of aliphatic carboxylic acids is 1. The maximum absolute atomic E-state index is 12.0. The van der Waals surface area contributed by atoms with Crippen molar-refractivity contribution in [2.24, 2.45) is 0 Å². The quantitative estimate of drug-likeness (QED) is 0.655. The Labute approximate surface area is 123 Å².